The van der Waals surface area contributed by atoms with Gasteiger partial charge in [-0.25, -0.2) is 9.18 Å². The summed E-state index contributed by atoms with van der Waals surface area (Å²) in [6.45, 7) is 4.12. The Morgan fingerprint density at radius 3 is 2.78 bits per heavy atom. The summed E-state index contributed by atoms with van der Waals surface area (Å²) in [5.41, 5.74) is 2.54. The van der Waals surface area contributed by atoms with Crippen molar-refractivity contribution in [3.63, 3.8) is 0 Å². The second-order valence-corrected chi connectivity index (χ2v) is 10.3. The second-order valence-electron chi connectivity index (χ2n) is 7.89. The number of dihydropyridines is 1. The molecule has 0 radical (unpaired) electrons. The van der Waals surface area contributed by atoms with Crippen molar-refractivity contribution >= 4 is 34.9 Å². The second kappa shape index (κ2) is 10.0. The summed E-state index contributed by atoms with van der Waals surface area (Å²) >= 11 is 3.32. The van der Waals surface area contributed by atoms with Crippen LogP contribution in [0.1, 0.15) is 49.0 Å². The Labute approximate surface area is 195 Å². The van der Waals surface area contributed by atoms with Crippen molar-refractivity contribution in [1.82, 2.24) is 5.32 Å². The molecule has 32 heavy (non-hydrogen) atoms. The van der Waals surface area contributed by atoms with Gasteiger partial charge in [-0.05, 0) is 36.6 Å². The van der Waals surface area contributed by atoms with E-state index < -0.39 is 17.7 Å². The average Bonchev–Trinajstić information content (AvgIpc) is 3.31. The van der Waals surface area contributed by atoms with Crippen LogP contribution in [0.25, 0.3) is 0 Å². The van der Waals surface area contributed by atoms with E-state index in [0.717, 1.165) is 16.3 Å². The summed E-state index contributed by atoms with van der Waals surface area (Å²) in [6, 6.07) is 10.4. The Kier molecular flexibility index (Phi) is 7.16. The number of hydrogen-bond acceptors (Lipinski definition) is 6. The minimum Gasteiger partial charge on any atom is -0.461 e. The van der Waals surface area contributed by atoms with E-state index >= 15 is 0 Å². The summed E-state index contributed by atoms with van der Waals surface area (Å²) in [5, 5.41) is 5.32. The molecule has 1 aliphatic heterocycles. The molecule has 0 bridgehead atoms. The molecule has 1 N–H and O–H groups in total. The number of rotatable bonds is 7. The third kappa shape index (κ3) is 4.55. The number of nitrogens with one attached hydrogen (secondary N) is 1. The maximum absolute atomic E-state index is 14.9. The molecule has 1 aromatic carbocycles. The zero-order valence-corrected chi connectivity index (χ0v) is 19.8. The highest BCUT2D eigenvalue weighted by Crippen LogP contribution is 2.46. The van der Waals surface area contributed by atoms with E-state index in [1.807, 2.05) is 24.4 Å². The van der Waals surface area contributed by atoms with Gasteiger partial charge in [0.1, 0.15) is 12.4 Å². The molecule has 2 atom stereocenters. The van der Waals surface area contributed by atoms with Crippen LogP contribution in [-0.2, 0) is 14.3 Å². The minimum absolute atomic E-state index is 0.0512. The molecule has 2 heterocycles. The summed E-state index contributed by atoms with van der Waals surface area (Å²) < 4.78 is 20.5. The highest BCUT2D eigenvalue weighted by Gasteiger charge is 2.42. The Balaban J connectivity index is 1.73. The number of Topliss-reactive ketones (excluding diaryl/α,β-unsaturated/α-hetero) is 1. The first-order chi connectivity index (χ1) is 15.5. The van der Waals surface area contributed by atoms with Gasteiger partial charge >= 0.3 is 5.97 Å². The van der Waals surface area contributed by atoms with Crippen LogP contribution in [0.15, 0.2) is 64.3 Å². The molecule has 1 aromatic heterocycles. The normalized spacial score (nSPS) is 20.8. The summed E-state index contributed by atoms with van der Waals surface area (Å²) in [4.78, 5) is 27.7. The monoisotopic (exact) mass is 471 g/mol. The summed E-state index contributed by atoms with van der Waals surface area (Å²) in [7, 11) is 0. The van der Waals surface area contributed by atoms with Gasteiger partial charge in [-0.1, -0.05) is 31.2 Å². The van der Waals surface area contributed by atoms with Crippen molar-refractivity contribution in [2.75, 3.05) is 18.1 Å². The lowest BCUT2D eigenvalue weighted by Gasteiger charge is -2.36. The SMILES string of the molecule is CCSCCOC(=O)C1=C(C)NC2=C(C(=O)CC(c3cccs3)C2)C1c1ccccc1F. The van der Waals surface area contributed by atoms with Crippen LogP contribution in [0.2, 0.25) is 0 Å². The first-order valence-corrected chi connectivity index (χ1v) is 12.8. The number of carbonyl (C=O) groups is 2. The lowest BCUT2D eigenvalue weighted by atomic mass is 9.72. The molecule has 4 rings (SSSR count). The standard InChI is InChI=1S/C25H26FNO3S2/c1-3-31-12-10-30-25(29)22-15(2)27-19-13-16(21-9-6-11-32-21)14-20(28)24(19)23(22)17-7-4-5-8-18(17)26/h4-9,11,16,23,27H,3,10,12-14H2,1-2H3. The van der Waals surface area contributed by atoms with Crippen LogP contribution in [0.5, 0.6) is 0 Å². The number of benzene rings is 1. The van der Waals surface area contributed by atoms with Gasteiger partial charge in [-0.3, -0.25) is 4.79 Å². The van der Waals surface area contributed by atoms with E-state index in [-0.39, 0.29) is 18.3 Å². The molecule has 0 saturated carbocycles. The van der Waals surface area contributed by atoms with Crippen LogP contribution in [0, 0.1) is 5.82 Å². The molecule has 2 aliphatic rings. The molecule has 168 valence electrons. The van der Waals surface area contributed by atoms with Gasteiger partial charge in [0.05, 0.1) is 11.5 Å². The van der Waals surface area contributed by atoms with Crippen molar-refractivity contribution in [1.29, 1.82) is 0 Å². The highest BCUT2D eigenvalue weighted by atomic mass is 32.2. The van der Waals surface area contributed by atoms with E-state index in [1.54, 1.807) is 48.2 Å². The van der Waals surface area contributed by atoms with Gasteiger partial charge in [0.15, 0.2) is 5.78 Å². The van der Waals surface area contributed by atoms with Crippen LogP contribution in [0.4, 0.5) is 4.39 Å². The van der Waals surface area contributed by atoms with E-state index in [9.17, 15) is 14.0 Å². The fourth-order valence-electron chi connectivity index (χ4n) is 4.47. The van der Waals surface area contributed by atoms with Crippen molar-refractivity contribution in [2.24, 2.45) is 0 Å². The van der Waals surface area contributed by atoms with Gasteiger partial charge < -0.3 is 10.1 Å². The van der Waals surface area contributed by atoms with Crippen molar-refractivity contribution in [3.05, 3.63) is 80.6 Å². The molecular weight excluding hydrogens is 445 g/mol. The lowest BCUT2D eigenvalue weighted by Crippen LogP contribution is -2.36. The Hall–Kier alpha value is -2.38. The molecule has 0 spiro atoms. The smallest absolute Gasteiger partial charge is 0.336 e. The van der Waals surface area contributed by atoms with E-state index in [0.29, 0.717) is 41.0 Å². The Morgan fingerprint density at radius 2 is 2.06 bits per heavy atom. The topological polar surface area (TPSA) is 55.4 Å². The molecule has 0 fully saturated rings. The molecule has 2 unspecified atom stereocenters. The summed E-state index contributed by atoms with van der Waals surface area (Å²) in [6.07, 6.45) is 1.000. The van der Waals surface area contributed by atoms with Gasteiger partial charge in [0, 0.05) is 45.5 Å². The maximum atomic E-state index is 14.9. The minimum atomic E-state index is -0.768. The lowest BCUT2D eigenvalue weighted by molar-refractivity contribution is -0.138. The fraction of sp³-hybridized carbons (Fsp3) is 0.360. The molecule has 0 saturated heterocycles. The van der Waals surface area contributed by atoms with Crippen LogP contribution >= 0.6 is 23.1 Å². The molecule has 4 nitrogen and oxygen atoms in total. The van der Waals surface area contributed by atoms with Crippen LogP contribution < -0.4 is 5.32 Å². The number of carbonyl (C=O) groups excluding carboxylic acids is 2. The fourth-order valence-corrected chi connectivity index (χ4v) is 5.79. The van der Waals surface area contributed by atoms with E-state index in [1.165, 1.54) is 6.07 Å². The Morgan fingerprint density at radius 1 is 1.25 bits per heavy atom. The van der Waals surface area contributed by atoms with Crippen molar-refractivity contribution < 1.29 is 18.7 Å². The number of halogens is 1. The summed E-state index contributed by atoms with van der Waals surface area (Å²) in [5.74, 6) is -0.0298. The molecule has 2 aromatic rings. The van der Waals surface area contributed by atoms with E-state index in [2.05, 4.69) is 5.32 Å². The number of thioether (sulfide) groups is 1. The highest BCUT2D eigenvalue weighted by molar-refractivity contribution is 7.99. The third-order valence-corrected chi connectivity index (χ3v) is 7.77. The molecular formula is C25H26FNO3S2. The number of thiophene rings is 1. The molecule has 7 heteroatoms. The molecule has 0 amide bonds. The van der Waals surface area contributed by atoms with Crippen molar-refractivity contribution in [2.45, 2.75) is 38.5 Å². The number of ketones is 1. The number of allylic oxidation sites excluding steroid dienone is 3. The van der Waals surface area contributed by atoms with Gasteiger partial charge in [-0.15, -0.1) is 11.3 Å². The zero-order chi connectivity index (χ0) is 22.7. The third-order valence-electron chi connectivity index (χ3n) is 5.87. The predicted molar refractivity (Wildman–Crippen MR) is 127 cm³/mol. The number of ether oxygens (including phenoxy) is 1. The quantitative estimate of drug-likeness (QED) is 0.424. The van der Waals surface area contributed by atoms with Gasteiger partial charge in [0.25, 0.3) is 0 Å². The van der Waals surface area contributed by atoms with Gasteiger partial charge in [-0.2, -0.15) is 11.8 Å². The molecule has 1 aliphatic carbocycles. The number of esters is 1. The maximum Gasteiger partial charge on any atom is 0.336 e. The Bertz CT molecular complexity index is 1070. The van der Waals surface area contributed by atoms with E-state index in [4.69, 9.17) is 4.74 Å². The zero-order valence-electron chi connectivity index (χ0n) is 18.2. The average molecular weight is 472 g/mol. The van der Waals surface area contributed by atoms with Crippen LogP contribution in [0.3, 0.4) is 0 Å². The van der Waals surface area contributed by atoms with Crippen LogP contribution in [-0.4, -0.2) is 29.9 Å². The predicted octanol–water partition coefficient (Wildman–Crippen LogP) is 5.55. The largest absolute Gasteiger partial charge is 0.461 e. The first-order valence-electron chi connectivity index (χ1n) is 10.8. The van der Waals surface area contributed by atoms with Gasteiger partial charge in [0.2, 0.25) is 0 Å². The first kappa shape index (κ1) is 22.8. The number of hydrogen-bond donors (Lipinski definition) is 1. The van der Waals surface area contributed by atoms with Crippen molar-refractivity contribution in [3.8, 4) is 0 Å².